The fourth-order valence-corrected chi connectivity index (χ4v) is 3.30. The second-order valence-corrected chi connectivity index (χ2v) is 6.96. The lowest BCUT2D eigenvalue weighted by Crippen LogP contribution is -2.27. The van der Waals surface area contributed by atoms with Crippen molar-refractivity contribution in [1.82, 2.24) is 10.3 Å². The third kappa shape index (κ3) is 3.76. The van der Waals surface area contributed by atoms with E-state index in [4.69, 9.17) is 4.74 Å². The van der Waals surface area contributed by atoms with E-state index in [-0.39, 0.29) is 29.9 Å². The topological polar surface area (TPSA) is 51.2 Å². The van der Waals surface area contributed by atoms with E-state index in [2.05, 4.69) is 10.3 Å². The number of rotatable bonds is 5. The molecule has 1 N–H and O–H groups in total. The van der Waals surface area contributed by atoms with E-state index < -0.39 is 5.82 Å². The molecule has 0 atom stereocenters. The summed E-state index contributed by atoms with van der Waals surface area (Å²) in [5.41, 5.74) is 0.937. The van der Waals surface area contributed by atoms with Crippen LogP contribution in [0.2, 0.25) is 0 Å². The molecule has 1 aromatic heterocycles. The third-order valence-corrected chi connectivity index (χ3v) is 4.75. The van der Waals surface area contributed by atoms with Crippen LogP contribution in [0.25, 0.3) is 10.2 Å². The summed E-state index contributed by atoms with van der Waals surface area (Å²) in [6, 6.07) is 8.87. The Labute approximate surface area is 146 Å². The number of nitrogens with one attached hydrogen (secondary N) is 1. The number of carbonyl (C=O) groups is 1. The van der Waals surface area contributed by atoms with Gasteiger partial charge in [-0.1, -0.05) is 17.4 Å². The molecule has 1 saturated carbocycles. The Hall–Kier alpha value is -2.54. The molecule has 4 nitrogen and oxygen atoms in total. The number of hydrogen-bond donors (Lipinski definition) is 1. The summed E-state index contributed by atoms with van der Waals surface area (Å²) < 4.78 is 33.6. The largest absolute Gasteiger partial charge is 0.431 e. The maximum Gasteiger partial charge on any atom is 0.279 e. The summed E-state index contributed by atoms with van der Waals surface area (Å²) in [6.45, 7) is 0. The number of amides is 1. The molecule has 1 amide bonds. The van der Waals surface area contributed by atoms with Gasteiger partial charge in [0, 0.05) is 12.1 Å². The Morgan fingerprint density at radius 3 is 2.84 bits per heavy atom. The minimum Gasteiger partial charge on any atom is -0.431 e. The highest BCUT2D eigenvalue weighted by molar-refractivity contribution is 7.20. The summed E-state index contributed by atoms with van der Waals surface area (Å²) in [5.74, 6) is -0.746. The van der Waals surface area contributed by atoms with E-state index in [1.54, 1.807) is 12.1 Å². The van der Waals surface area contributed by atoms with Crippen molar-refractivity contribution in [3.63, 3.8) is 0 Å². The average molecular weight is 360 g/mol. The van der Waals surface area contributed by atoms with E-state index in [1.807, 2.05) is 0 Å². The zero-order valence-electron chi connectivity index (χ0n) is 13.1. The zero-order valence-corrected chi connectivity index (χ0v) is 13.9. The first-order valence-electron chi connectivity index (χ1n) is 7.88. The van der Waals surface area contributed by atoms with Crippen LogP contribution in [-0.4, -0.2) is 16.9 Å². The molecular formula is C18H14F2N2O2S. The lowest BCUT2D eigenvalue weighted by Gasteiger charge is -2.07. The second kappa shape index (κ2) is 6.40. The normalized spacial score (nSPS) is 13.8. The highest BCUT2D eigenvalue weighted by atomic mass is 32.1. The van der Waals surface area contributed by atoms with Crippen molar-refractivity contribution in [2.75, 3.05) is 0 Å². The van der Waals surface area contributed by atoms with Gasteiger partial charge in [0.05, 0.1) is 16.6 Å². The van der Waals surface area contributed by atoms with Crippen molar-refractivity contribution in [3.05, 3.63) is 53.6 Å². The van der Waals surface area contributed by atoms with Crippen LogP contribution in [0.4, 0.5) is 8.78 Å². The SMILES string of the molecule is O=C(Cc1ccc(Oc2nc3ccc(F)cc3s2)cc1F)NC1CC1. The standard InChI is InChI=1S/C18H14F2N2O2S/c19-11-2-6-15-16(8-11)25-18(22-15)24-13-5-1-10(14(20)9-13)7-17(23)21-12-3-4-12/h1-2,5-6,8-9,12H,3-4,7H2,(H,21,23). The molecule has 2 aromatic carbocycles. The summed E-state index contributed by atoms with van der Waals surface area (Å²) in [4.78, 5) is 16.0. The van der Waals surface area contributed by atoms with Gasteiger partial charge < -0.3 is 10.1 Å². The van der Waals surface area contributed by atoms with Crippen molar-refractivity contribution >= 4 is 27.5 Å². The Bertz CT molecular complexity index is 953. The Morgan fingerprint density at radius 2 is 2.08 bits per heavy atom. The monoisotopic (exact) mass is 360 g/mol. The van der Waals surface area contributed by atoms with Gasteiger partial charge in [-0.3, -0.25) is 4.79 Å². The molecule has 0 unspecified atom stereocenters. The highest BCUT2D eigenvalue weighted by Crippen LogP contribution is 2.32. The van der Waals surface area contributed by atoms with Gasteiger partial charge in [0.2, 0.25) is 5.91 Å². The number of thiazole rings is 1. The molecule has 0 aliphatic heterocycles. The maximum absolute atomic E-state index is 14.2. The molecule has 1 heterocycles. The number of benzene rings is 2. The second-order valence-electron chi connectivity index (χ2n) is 5.97. The predicted molar refractivity (Wildman–Crippen MR) is 90.9 cm³/mol. The number of halogens is 2. The molecule has 0 bridgehead atoms. The summed E-state index contributed by atoms with van der Waals surface area (Å²) in [5, 5.41) is 3.13. The van der Waals surface area contributed by atoms with Crippen LogP contribution < -0.4 is 10.1 Å². The van der Waals surface area contributed by atoms with Crippen LogP contribution >= 0.6 is 11.3 Å². The number of aromatic nitrogens is 1. The van der Waals surface area contributed by atoms with Crippen molar-refractivity contribution in [3.8, 4) is 10.9 Å². The van der Waals surface area contributed by atoms with Gasteiger partial charge in [0.25, 0.3) is 5.19 Å². The molecule has 0 radical (unpaired) electrons. The molecule has 0 saturated heterocycles. The van der Waals surface area contributed by atoms with Crippen LogP contribution in [0.5, 0.6) is 10.9 Å². The van der Waals surface area contributed by atoms with Gasteiger partial charge in [0.15, 0.2) is 0 Å². The fourth-order valence-electron chi connectivity index (χ4n) is 2.44. The highest BCUT2D eigenvalue weighted by Gasteiger charge is 2.23. The van der Waals surface area contributed by atoms with Crippen molar-refractivity contribution in [1.29, 1.82) is 0 Å². The average Bonchev–Trinajstić information content (AvgIpc) is 3.28. The number of fused-ring (bicyclic) bond motifs is 1. The number of nitrogens with zero attached hydrogens (tertiary/aromatic N) is 1. The minimum absolute atomic E-state index is 0.00300. The van der Waals surface area contributed by atoms with E-state index >= 15 is 0 Å². The Morgan fingerprint density at radius 1 is 1.24 bits per heavy atom. The first-order chi connectivity index (χ1) is 12.1. The lowest BCUT2D eigenvalue weighted by atomic mass is 10.1. The molecular weight excluding hydrogens is 346 g/mol. The van der Waals surface area contributed by atoms with Crippen molar-refractivity contribution in [2.24, 2.45) is 0 Å². The van der Waals surface area contributed by atoms with Crippen molar-refractivity contribution < 1.29 is 18.3 Å². The Balaban J connectivity index is 1.48. The molecule has 1 aliphatic carbocycles. The van der Waals surface area contributed by atoms with Gasteiger partial charge in [-0.2, -0.15) is 0 Å². The van der Waals surface area contributed by atoms with E-state index in [1.165, 1.54) is 35.6 Å². The van der Waals surface area contributed by atoms with Crippen LogP contribution in [0, 0.1) is 11.6 Å². The first kappa shape index (κ1) is 16.0. The minimum atomic E-state index is -0.504. The van der Waals surface area contributed by atoms with Gasteiger partial charge in [0.1, 0.15) is 17.4 Å². The molecule has 0 spiro atoms. The summed E-state index contributed by atoms with van der Waals surface area (Å²) in [6.07, 6.45) is 1.99. The summed E-state index contributed by atoms with van der Waals surface area (Å²) in [7, 11) is 0. The van der Waals surface area contributed by atoms with Crippen LogP contribution in [0.3, 0.4) is 0 Å². The van der Waals surface area contributed by atoms with Crippen molar-refractivity contribution in [2.45, 2.75) is 25.3 Å². The van der Waals surface area contributed by atoms with Gasteiger partial charge in [-0.15, -0.1) is 0 Å². The first-order valence-corrected chi connectivity index (χ1v) is 8.70. The van der Waals surface area contributed by atoms with Gasteiger partial charge in [-0.05, 0) is 42.7 Å². The van der Waals surface area contributed by atoms with Gasteiger partial charge >= 0.3 is 0 Å². The molecule has 128 valence electrons. The van der Waals surface area contributed by atoms with Crippen LogP contribution in [0.15, 0.2) is 36.4 Å². The molecule has 1 fully saturated rings. The number of carbonyl (C=O) groups excluding carboxylic acids is 1. The molecule has 3 aromatic rings. The Kier molecular flexibility index (Phi) is 4.09. The van der Waals surface area contributed by atoms with Crippen LogP contribution in [0.1, 0.15) is 18.4 Å². The van der Waals surface area contributed by atoms with E-state index in [0.717, 1.165) is 12.8 Å². The van der Waals surface area contributed by atoms with E-state index in [0.29, 0.717) is 21.0 Å². The smallest absolute Gasteiger partial charge is 0.279 e. The van der Waals surface area contributed by atoms with E-state index in [9.17, 15) is 13.6 Å². The molecule has 1 aliphatic rings. The van der Waals surface area contributed by atoms with Gasteiger partial charge in [-0.25, -0.2) is 13.8 Å². The molecule has 25 heavy (non-hydrogen) atoms. The lowest BCUT2D eigenvalue weighted by molar-refractivity contribution is -0.120. The van der Waals surface area contributed by atoms with Crippen LogP contribution in [-0.2, 0) is 11.2 Å². The zero-order chi connectivity index (χ0) is 17.4. The quantitative estimate of drug-likeness (QED) is 0.742. The third-order valence-electron chi connectivity index (χ3n) is 3.85. The molecule has 4 rings (SSSR count). The number of hydrogen-bond acceptors (Lipinski definition) is 4. The predicted octanol–water partition coefficient (Wildman–Crippen LogP) is 4.19. The maximum atomic E-state index is 14.2. The fraction of sp³-hybridized carbons (Fsp3) is 0.222. The molecule has 7 heteroatoms. The number of ether oxygens (including phenoxy) is 1. The summed E-state index contributed by atoms with van der Waals surface area (Å²) >= 11 is 1.18.